The van der Waals surface area contributed by atoms with Gasteiger partial charge in [-0.3, -0.25) is 24.3 Å². The molecule has 2 aromatic rings. The Morgan fingerprint density at radius 3 is 2.24 bits per heavy atom. The number of hydrogen-bond donors (Lipinski definition) is 7. The predicted octanol–water partition coefficient (Wildman–Crippen LogP) is 0.405. The Morgan fingerprint density at radius 1 is 0.981 bits per heavy atom. The molecule has 8 N–H and O–H groups in total. The molecule has 54 heavy (non-hydrogen) atoms. The van der Waals surface area contributed by atoms with Crippen molar-refractivity contribution in [2.24, 2.45) is 5.92 Å². The van der Waals surface area contributed by atoms with Crippen molar-refractivity contribution in [2.75, 3.05) is 39.4 Å². The molecule has 0 unspecified atom stereocenters. The Kier molecular flexibility index (Phi) is 15.1. The molecule has 0 bridgehead atoms. The number of hydrogen-bond acceptors (Lipinski definition) is 9. The highest BCUT2D eigenvalue weighted by Gasteiger charge is 2.62. The molecule has 302 valence electrons. The first-order chi connectivity index (χ1) is 25.4. The van der Waals surface area contributed by atoms with E-state index in [-0.39, 0.29) is 38.3 Å². The highest BCUT2D eigenvalue weighted by atomic mass is 32.2. The Balaban J connectivity index is 1.59. The van der Waals surface area contributed by atoms with Crippen LogP contribution < -0.4 is 25.7 Å². The van der Waals surface area contributed by atoms with Crippen molar-refractivity contribution in [3.63, 3.8) is 0 Å². The van der Waals surface area contributed by atoms with Gasteiger partial charge >= 0.3 is 5.92 Å². The van der Waals surface area contributed by atoms with Gasteiger partial charge in [-0.1, -0.05) is 62.4 Å². The van der Waals surface area contributed by atoms with Gasteiger partial charge < -0.3 is 30.9 Å². The van der Waals surface area contributed by atoms with Crippen LogP contribution in [-0.2, 0) is 42.0 Å². The third-order valence-electron chi connectivity index (χ3n) is 10.0. The van der Waals surface area contributed by atoms with Crippen molar-refractivity contribution >= 4 is 27.7 Å². The lowest BCUT2D eigenvalue weighted by Crippen LogP contribution is -2.68. The standard InChI is InChI=1S/C36H55F2N7O8S/c1-34(2,3)54(51,52)44-29(20-25-10-6-4-7-11-25)32(47)42-28(22-27-23-39-24-41-27)31(46)43-30(21-26-12-8-5-9-13-26)36(49,50)35(37,38)33(48)40-14-15-45-16-18-53-19-17-45/h4,6-7,10-11,23-24,26,28-30,44,49-50H,5,8-9,12-22H2,1-3H3,(H,39,41)(H,40,48)(H,42,47)(H,43,46)/p+1/t28-,29-,30-/m0/s1. The summed E-state index contributed by atoms with van der Waals surface area (Å²) >= 11 is 0. The van der Waals surface area contributed by atoms with E-state index in [9.17, 15) is 33.0 Å². The van der Waals surface area contributed by atoms with Gasteiger partial charge in [0.05, 0.1) is 24.0 Å². The van der Waals surface area contributed by atoms with E-state index in [1.807, 2.05) is 4.90 Å². The number of nitrogens with one attached hydrogen (secondary N) is 6. The van der Waals surface area contributed by atoms with Gasteiger partial charge in [-0.2, -0.15) is 8.78 Å². The van der Waals surface area contributed by atoms with Gasteiger partial charge in [0, 0.05) is 32.6 Å². The van der Waals surface area contributed by atoms with E-state index in [0.717, 1.165) is 19.3 Å². The van der Waals surface area contributed by atoms with Gasteiger partial charge in [0.1, 0.15) is 24.0 Å². The molecular formula is C36H56F2N7O8S+. The van der Waals surface area contributed by atoms with Crippen LogP contribution >= 0.6 is 0 Å². The number of morpholine rings is 1. The van der Waals surface area contributed by atoms with Gasteiger partial charge in [0.2, 0.25) is 28.2 Å². The van der Waals surface area contributed by atoms with Crippen LogP contribution in [0.5, 0.6) is 0 Å². The predicted molar refractivity (Wildman–Crippen MR) is 194 cm³/mol. The molecule has 1 saturated carbocycles. The van der Waals surface area contributed by atoms with E-state index >= 15 is 8.78 Å². The minimum Gasteiger partial charge on any atom is -0.379 e. The summed E-state index contributed by atoms with van der Waals surface area (Å²) in [6.45, 7) is 6.49. The SMILES string of the molecule is CC(C)(C)S(=O)(=O)N[C@@H](Cc1ccccc1)C(=O)N[C@@H](Cc1c[nH+]c[nH]1)C(=O)N[C@@H](CC1CCCCC1)C(O)(O)C(F)(F)C(=O)NCCN1CCOCC1. The fraction of sp³-hybridized carbons (Fsp3) is 0.667. The maximum atomic E-state index is 15.9. The maximum Gasteiger partial charge on any atom is 0.378 e. The monoisotopic (exact) mass is 784 g/mol. The highest BCUT2D eigenvalue weighted by Crippen LogP contribution is 2.36. The summed E-state index contributed by atoms with van der Waals surface area (Å²) < 4.78 is 64.6. The van der Waals surface area contributed by atoms with E-state index in [2.05, 4.69) is 30.6 Å². The van der Waals surface area contributed by atoms with Crippen LogP contribution in [0.4, 0.5) is 8.78 Å². The Hall–Kier alpha value is -3.55. The van der Waals surface area contributed by atoms with Gasteiger partial charge in [0.15, 0.2) is 0 Å². The number of rotatable bonds is 18. The van der Waals surface area contributed by atoms with E-state index in [0.29, 0.717) is 50.4 Å². The molecule has 4 rings (SSSR count). The number of imidazole rings is 1. The van der Waals surface area contributed by atoms with Crippen LogP contribution in [0.3, 0.4) is 0 Å². The highest BCUT2D eigenvalue weighted by molar-refractivity contribution is 7.90. The smallest absolute Gasteiger partial charge is 0.378 e. The fourth-order valence-corrected chi connectivity index (χ4v) is 7.46. The van der Waals surface area contributed by atoms with Crippen molar-refractivity contribution in [1.82, 2.24) is 30.6 Å². The molecule has 1 aliphatic carbocycles. The zero-order valence-electron chi connectivity index (χ0n) is 31.2. The average Bonchev–Trinajstić information content (AvgIpc) is 3.64. The number of aromatic amines is 2. The largest absolute Gasteiger partial charge is 0.379 e. The number of H-pyrrole nitrogens is 2. The van der Waals surface area contributed by atoms with Crippen molar-refractivity contribution < 1.29 is 51.5 Å². The van der Waals surface area contributed by atoms with E-state index < -0.39 is 62.3 Å². The number of amides is 3. The molecule has 3 atom stereocenters. The normalized spacial score (nSPS) is 18.4. The average molecular weight is 785 g/mol. The number of halogens is 2. The van der Waals surface area contributed by atoms with E-state index in [4.69, 9.17) is 4.74 Å². The number of nitrogens with zero attached hydrogens (tertiary/aromatic N) is 1. The van der Waals surface area contributed by atoms with Crippen molar-refractivity contribution in [2.45, 2.75) is 107 Å². The third kappa shape index (κ3) is 11.7. The van der Waals surface area contributed by atoms with Crippen LogP contribution in [0.15, 0.2) is 42.9 Å². The molecule has 0 radical (unpaired) electrons. The summed E-state index contributed by atoms with van der Waals surface area (Å²) in [5, 5.41) is 29.4. The van der Waals surface area contributed by atoms with Gasteiger partial charge in [0.25, 0.3) is 11.7 Å². The minimum absolute atomic E-state index is 0.0832. The summed E-state index contributed by atoms with van der Waals surface area (Å²) in [6, 6.07) is 3.69. The van der Waals surface area contributed by atoms with Crippen LogP contribution in [0.25, 0.3) is 0 Å². The number of aliphatic hydroxyl groups is 2. The molecule has 3 amide bonds. The molecule has 1 aromatic carbocycles. The first-order valence-corrected chi connectivity index (χ1v) is 20.0. The van der Waals surface area contributed by atoms with Crippen LogP contribution in [0.2, 0.25) is 0 Å². The Labute approximate surface area is 315 Å². The van der Waals surface area contributed by atoms with E-state index in [1.165, 1.54) is 33.3 Å². The molecule has 2 aliphatic rings. The molecule has 2 heterocycles. The summed E-state index contributed by atoms with van der Waals surface area (Å²) in [6.07, 6.45) is 6.04. The van der Waals surface area contributed by atoms with Gasteiger partial charge in [-0.05, 0) is 45.1 Å². The number of alkyl halides is 2. The minimum atomic E-state index is -4.76. The molecule has 0 spiro atoms. The fourth-order valence-electron chi connectivity index (χ4n) is 6.54. The Bertz CT molecular complexity index is 1610. The topological polar surface area (TPSA) is 216 Å². The second kappa shape index (κ2) is 18.9. The molecule has 18 heteroatoms. The summed E-state index contributed by atoms with van der Waals surface area (Å²) in [4.78, 5) is 48.5. The lowest BCUT2D eigenvalue weighted by Gasteiger charge is -2.39. The van der Waals surface area contributed by atoms with Gasteiger partial charge in [-0.15, -0.1) is 0 Å². The van der Waals surface area contributed by atoms with E-state index in [1.54, 1.807) is 30.3 Å². The lowest BCUT2D eigenvalue weighted by atomic mass is 9.81. The van der Waals surface area contributed by atoms with Crippen LogP contribution in [0.1, 0.15) is 70.6 Å². The summed E-state index contributed by atoms with van der Waals surface area (Å²) in [7, 11) is -4.08. The molecule has 1 aromatic heterocycles. The number of benzene rings is 1. The zero-order valence-corrected chi connectivity index (χ0v) is 32.0. The molecular weight excluding hydrogens is 729 g/mol. The molecule has 15 nitrogen and oxygen atoms in total. The number of sulfonamides is 1. The number of carbonyl (C=O) groups is 3. The molecule has 1 saturated heterocycles. The van der Waals surface area contributed by atoms with Crippen molar-refractivity contribution in [1.29, 1.82) is 0 Å². The van der Waals surface area contributed by atoms with Crippen molar-refractivity contribution in [3.05, 3.63) is 54.1 Å². The number of carbonyl (C=O) groups excluding carboxylic acids is 3. The second-order valence-corrected chi connectivity index (χ2v) is 17.6. The number of ether oxygens (including phenoxy) is 1. The number of aromatic nitrogens is 2. The van der Waals surface area contributed by atoms with Gasteiger partial charge in [-0.25, -0.2) is 18.1 Å². The summed E-state index contributed by atoms with van der Waals surface area (Å²) in [5.74, 6) is -12.9. The molecule has 1 aliphatic heterocycles. The van der Waals surface area contributed by atoms with Crippen molar-refractivity contribution in [3.8, 4) is 0 Å². The first-order valence-electron chi connectivity index (χ1n) is 18.5. The van der Waals surface area contributed by atoms with Crippen LogP contribution in [0, 0.1) is 5.92 Å². The van der Waals surface area contributed by atoms with Crippen LogP contribution in [-0.4, -0.2) is 120 Å². The lowest BCUT2D eigenvalue weighted by molar-refractivity contribution is -0.376. The quantitative estimate of drug-likeness (QED) is 0.104. The Morgan fingerprint density at radius 2 is 1.63 bits per heavy atom. The second-order valence-electron chi connectivity index (χ2n) is 15.2. The maximum absolute atomic E-state index is 15.9. The summed E-state index contributed by atoms with van der Waals surface area (Å²) in [5.41, 5.74) is 1.04. The first kappa shape index (κ1) is 43.2. The third-order valence-corrected chi connectivity index (χ3v) is 12.2. The molecule has 2 fully saturated rings. The zero-order chi connectivity index (χ0) is 39.6.